The Labute approximate surface area is 77.8 Å². The number of hydrogen-bond donors (Lipinski definition) is 0. The topological polar surface area (TPSA) is 37.4 Å². The third kappa shape index (κ3) is 12.6. The predicted octanol–water partition coefficient (Wildman–Crippen LogP) is 1.95. The summed E-state index contributed by atoms with van der Waals surface area (Å²) in [6, 6.07) is 0. The molecule has 3 nitrogen and oxygen atoms in total. The Hall–Kier alpha value is -0.0900. The summed E-state index contributed by atoms with van der Waals surface area (Å²) in [7, 11) is -1.37. The van der Waals surface area contributed by atoms with Crippen LogP contribution in [0.15, 0.2) is 0 Å². The summed E-state index contributed by atoms with van der Waals surface area (Å²) in [5.74, 6) is 0. The second kappa shape index (κ2) is 10.9. The van der Waals surface area contributed by atoms with Crippen molar-refractivity contribution in [2.24, 2.45) is 0 Å². The van der Waals surface area contributed by atoms with Crippen molar-refractivity contribution in [3.63, 3.8) is 0 Å². The first-order valence-electron chi connectivity index (χ1n) is 4.39. The lowest BCUT2D eigenvalue weighted by molar-refractivity contribution is 0.492. The largest absolute Gasteiger partial charge is 0.213 e. The van der Waals surface area contributed by atoms with E-state index in [-0.39, 0.29) is 0 Å². The molecule has 0 bridgehead atoms. The Morgan fingerprint density at radius 3 is 1.33 bits per heavy atom. The molecule has 0 N–H and O–H groups in total. The maximum atomic E-state index is 10.5. The number of nitrogens with zero attached hydrogens (tertiary/aromatic N) is 1. The van der Waals surface area contributed by atoms with Gasteiger partial charge in [0.1, 0.15) is 0 Å². The highest BCUT2D eigenvalue weighted by atomic mass is 32.2. The van der Waals surface area contributed by atoms with Crippen LogP contribution >= 0.6 is 0 Å². The SMILES string of the molecule is CC.CC.CCN(C)S(C)(=O)=O. The van der Waals surface area contributed by atoms with E-state index in [1.54, 1.807) is 14.0 Å². The van der Waals surface area contributed by atoms with Gasteiger partial charge in [0, 0.05) is 13.6 Å². The molecule has 0 aliphatic heterocycles. The second-order valence-corrected chi connectivity index (χ2v) is 3.77. The average molecular weight is 197 g/mol. The van der Waals surface area contributed by atoms with Gasteiger partial charge in [0.2, 0.25) is 10.0 Å². The molecule has 0 radical (unpaired) electrons. The number of sulfonamides is 1. The number of hydrogen-bond acceptors (Lipinski definition) is 2. The van der Waals surface area contributed by atoms with Gasteiger partial charge in [0.25, 0.3) is 0 Å². The average Bonchev–Trinajstić information content (AvgIpc) is 2.08. The first-order valence-corrected chi connectivity index (χ1v) is 6.24. The standard InChI is InChI=1S/C4H11NO2S.2C2H6/c1-4-5(2)8(3,6)7;2*1-2/h4H2,1-3H3;2*1-2H3. The molecular weight excluding hydrogens is 174 g/mol. The Balaban J connectivity index is -0.000000175. The van der Waals surface area contributed by atoms with Gasteiger partial charge >= 0.3 is 0 Å². The van der Waals surface area contributed by atoms with Crippen LogP contribution in [0.4, 0.5) is 0 Å². The van der Waals surface area contributed by atoms with E-state index in [4.69, 9.17) is 0 Å². The van der Waals surface area contributed by atoms with Crippen molar-refractivity contribution in [1.29, 1.82) is 0 Å². The Bertz CT molecular complexity index is 152. The molecule has 0 unspecified atom stereocenters. The van der Waals surface area contributed by atoms with E-state index in [0.717, 1.165) is 0 Å². The summed E-state index contributed by atoms with van der Waals surface area (Å²) in [6.07, 6.45) is 1.19. The van der Waals surface area contributed by atoms with E-state index in [1.807, 2.05) is 27.7 Å². The molecule has 4 heteroatoms. The molecule has 0 spiro atoms. The lowest BCUT2D eigenvalue weighted by atomic mass is 10.8. The van der Waals surface area contributed by atoms with Crippen LogP contribution in [0.25, 0.3) is 0 Å². The van der Waals surface area contributed by atoms with Crippen molar-refractivity contribution in [1.82, 2.24) is 4.31 Å². The highest BCUT2D eigenvalue weighted by molar-refractivity contribution is 7.88. The summed E-state index contributed by atoms with van der Waals surface area (Å²) in [6.45, 7) is 10.3. The minimum absolute atomic E-state index is 0.541. The van der Waals surface area contributed by atoms with Crippen LogP contribution in [-0.2, 0) is 10.0 Å². The molecule has 0 fully saturated rings. The summed E-state index contributed by atoms with van der Waals surface area (Å²) in [5.41, 5.74) is 0. The quantitative estimate of drug-likeness (QED) is 0.678. The van der Waals surface area contributed by atoms with Crippen molar-refractivity contribution in [2.45, 2.75) is 34.6 Å². The van der Waals surface area contributed by atoms with Crippen molar-refractivity contribution in [3.05, 3.63) is 0 Å². The van der Waals surface area contributed by atoms with Gasteiger partial charge in [-0.15, -0.1) is 0 Å². The molecule has 0 aromatic rings. The van der Waals surface area contributed by atoms with Crippen LogP contribution in [0, 0.1) is 0 Å². The van der Waals surface area contributed by atoms with E-state index >= 15 is 0 Å². The van der Waals surface area contributed by atoms with Gasteiger partial charge in [-0.05, 0) is 0 Å². The van der Waals surface area contributed by atoms with Gasteiger partial charge in [-0.2, -0.15) is 0 Å². The molecule has 0 aliphatic carbocycles. The molecule has 12 heavy (non-hydrogen) atoms. The van der Waals surface area contributed by atoms with Crippen LogP contribution in [0.3, 0.4) is 0 Å². The fraction of sp³-hybridized carbons (Fsp3) is 1.00. The molecule has 0 saturated heterocycles. The van der Waals surface area contributed by atoms with Gasteiger partial charge in [-0.25, -0.2) is 12.7 Å². The molecule has 0 saturated carbocycles. The van der Waals surface area contributed by atoms with E-state index in [2.05, 4.69) is 0 Å². The molecule has 0 heterocycles. The molecule has 0 aromatic heterocycles. The van der Waals surface area contributed by atoms with Crippen LogP contribution in [0.1, 0.15) is 34.6 Å². The van der Waals surface area contributed by atoms with Gasteiger partial charge in [0.05, 0.1) is 6.26 Å². The van der Waals surface area contributed by atoms with Gasteiger partial charge < -0.3 is 0 Å². The van der Waals surface area contributed by atoms with Gasteiger partial charge in [-0.1, -0.05) is 34.6 Å². The molecule has 78 valence electrons. The maximum Gasteiger partial charge on any atom is 0.210 e. The Morgan fingerprint density at radius 2 is 1.33 bits per heavy atom. The Kier molecular flexibility index (Phi) is 16.2. The van der Waals surface area contributed by atoms with Crippen LogP contribution < -0.4 is 0 Å². The Morgan fingerprint density at radius 1 is 1.08 bits per heavy atom. The summed E-state index contributed by atoms with van der Waals surface area (Å²) < 4.78 is 22.3. The van der Waals surface area contributed by atoms with Gasteiger partial charge in [-0.3, -0.25) is 0 Å². The van der Waals surface area contributed by atoms with Crippen molar-refractivity contribution in [3.8, 4) is 0 Å². The minimum atomic E-state index is -2.92. The van der Waals surface area contributed by atoms with E-state index in [0.29, 0.717) is 6.54 Å². The highest BCUT2D eigenvalue weighted by Crippen LogP contribution is 1.88. The zero-order valence-electron chi connectivity index (χ0n) is 9.38. The molecule has 0 amide bonds. The molecule has 0 aliphatic rings. The maximum absolute atomic E-state index is 10.5. The minimum Gasteiger partial charge on any atom is -0.213 e. The monoisotopic (exact) mass is 197 g/mol. The summed E-state index contributed by atoms with van der Waals surface area (Å²) >= 11 is 0. The van der Waals surface area contributed by atoms with E-state index in [9.17, 15) is 8.42 Å². The third-order valence-electron chi connectivity index (χ3n) is 1.01. The normalized spacial score (nSPS) is 9.33. The van der Waals surface area contributed by atoms with Crippen molar-refractivity contribution < 1.29 is 8.42 Å². The van der Waals surface area contributed by atoms with Gasteiger partial charge in [0.15, 0.2) is 0 Å². The van der Waals surface area contributed by atoms with Crippen LogP contribution in [-0.4, -0.2) is 32.6 Å². The third-order valence-corrected chi connectivity index (χ3v) is 2.40. The molecular formula is C8H23NO2S. The fourth-order valence-electron chi connectivity index (χ4n) is 0.235. The smallest absolute Gasteiger partial charge is 0.210 e. The summed E-state index contributed by atoms with van der Waals surface area (Å²) in [5, 5.41) is 0. The number of rotatable bonds is 2. The predicted molar refractivity (Wildman–Crippen MR) is 55.8 cm³/mol. The lowest BCUT2D eigenvalue weighted by Gasteiger charge is -2.08. The lowest BCUT2D eigenvalue weighted by Crippen LogP contribution is -2.24. The first-order chi connectivity index (χ1) is 5.48. The molecule has 0 aromatic carbocycles. The zero-order valence-corrected chi connectivity index (χ0v) is 10.2. The van der Waals surface area contributed by atoms with E-state index in [1.165, 1.54) is 10.6 Å². The highest BCUT2D eigenvalue weighted by Gasteiger charge is 2.05. The molecule has 0 atom stereocenters. The zero-order chi connectivity index (χ0) is 10.8. The first kappa shape index (κ1) is 17.9. The van der Waals surface area contributed by atoms with E-state index < -0.39 is 10.0 Å². The van der Waals surface area contributed by atoms with Crippen molar-refractivity contribution >= 4 is 10.0 Å². The second-order valence-electron chi connectivity index (χ2n) is 1.68. The van der Waals surface area contributed by atoms with Crippen molar-refractivity contribution in [2.75, 3.05) is 19.8 Å². The molecule has 0 rings (SSSR count). The van der Waals surface area contributed by atoms with Crippen LogP contribution in [0.5, 0.6) is 0 Å². The van der Waals surface area contributed by atoms with Crippen LogP contribution in [0.2, 0.25) is 0 Å². The summed E-state index contributed by atoms with van der Waals surface area (Å²) in [4.78, 5) is 0. The fourth-order valence-corrected chi connectivity index (χ4v) is 0.704.